The molecule has 22 heavy (non-hydrogen) atoms. The fourth-order valence-electron chi connectivity index (χ4n) is 2.46. The second-order valence-corrected chi connectivity index (χ2v) is 7.48. The normalized spacial score (nSPS) is 16.6. The molecule has 0 N–H and O–H groups in total. The molecule has 0 aromatic carbocycles. The van der Waals surface area contributed by atoms with E-state index in [0.29, 0.717) is 24.5 Å². The summed E-state index contributed by atoms with van der Waals surface area (Å²) in [7, 11) is -3.63. The summed E-state index contributed by atoms with van der Waals surface area (Å²) >= 11 is 0. The van der Waals surface area contributed by atoms with Gasteiger partial charge in [-0.15, -0.1) is 0 Å². The number of aryl methyl sites for hydroxylation is 2. The van der Waals surface area contributed by atoms with Crippen molar-refractivity contribution >= 4 is 15.9 Å². The Hall–Kier alpha value is -1.67. The molecular weight excluding hydrogens is 306 g/mol. The van der Waals surface area contributed by atoms with Gasteiger partial charge in [-0.2, -0.15) is 4.31 Å². The molecule has 1 saturated heterocycles. The van der Waals surface area contributed by atoms with Crippen LogP contribution in [0.4, 0.5) is 0 Å². The van der Waals surface area contributed by atoms with Crippen molar-refractivity contribution in [1.82, 2.24) is 14.4 Å². The molecule has 2 heterocycles. The van der Waals surface area contributed by atoms with Gasteiger partial charge in [-0.3, -0.25) is 4.79 Å². The molecule has 1 aliphatic heterocycles. The molecule has 1 amide bonds. The molecule has 1 aromatic rings. The van der Waals surface area contributed by atoms with E-state index in [0.717, 1.165) is 5.57 Å². The minimum absolute atomic E-state index is 0.0746. The molecule has 0 saturated carbocycles. The third kappa shape index (κ3) is 3.22. The Morgan fingerprint density at radius 3 is 2.23 bits per heavy atom. The van der Waals surface area contributed by atoms with Crippen molar-refractivity contribution in [2.75, 3.05) is 26.2 Å². The molecule has 1 aromatic heterocycles. The maximum atomic E-state index is 12.7. The molecule has 0 spiro atoms. The molecule has 0 atom stereocenters. The number of sulfonamides is 1. The average molecular weight is 327 g/mol. The van der Waals surface area contributed by atoms with Crippen LogP contribution >= 0.6 is 0 Å². The summed E-state index contributed by atoms with van der Waals surface area (Å²) in [5.74, 6) is 0.218. The number of rotatable bonds is 3. The minimum atomic E-state index is -3.63. The highest BCUT2D eigenvalue weighted by Gasteiger charge is 2.33. The quantitative estimate of drug-likeness (QED) is 0.776. The number of piperazine rings is 1. The minimum Gasteiger partial charge on any atom is -0.360 e. The molecule has 122 valence electrons. The Kier molecular flexibility index (Phi) is 4.72. The van der Waals surface area contributed by atoms with Gasteiger partial charge in [0.1, 0.15) is 10.6 Å². The van der Waals surface area contributed by atoms with Crippen molar-refractivity contribution in [3.8, 4) is 0 Å². The third-order valence-corrected chi connectivity index (χ3v) is 5.67. The maximum Gasteiger partial charge on any atom is 0.248 e. The number of amides is 1. The lowest BCUT2D eigenvalue weighted by atomic mass is 10.3. The largest absolute Gasteiger partial charge is 0.360 e. The van der Waals surface area contributed by atoms with Gasteiger partial charge in [0.15, 0.2) is 5.76 Å². The third-order valence-electron chi connectivity index (χ3n) is 3.53. The van der Waals surface area contributed by atoms with Crippen LogP contribution in [-0.2, 0) is 14.8 Å². The zero-order valence-electron chi connectivity index (χ0n) is 13.3. The van der Waals surface area contributed by atoms with Gasteiger partial charge < -0.3 is 9.42 Å². The van der Waals surface area contributed by atoms with Crippen molar-refractivity contribution < 1.29 is 17.7 Å². The average Bonchev–Trinajstić information content (AvgIpc) is 2.78. The fourth-order valence-corrected chi connectivity index (χ4v) is 4.17. The molecule has 7 nitrogen and oxygen atoms in total. The van der Waals surface area contributed by atoms with Crippen molar-refractivity contribution in [2.45, 2.75) is 32.6 Å². The van der Waals surface area contributed by atoms with Crippen LogP contribution in [0.25, 0.3) is 0 Å². The van der Waals surface area contributed by atoms with Crippen LogP contribution in [-0.4, -0.2) is 54.9 Å². The fraction of sp³-hybridized carbons (Fsp3) is 0.571. The highest BCUT2D eigenvalue weighted by Crippen LogP contribution is 2.24. The van der Waals surface area contributed by atoms with Gasteiger partial charge in [-0.25, -0.2) is 8.42 Å². The predicted molar refractivity (Wildman–Crippen MR) is 80.7 cm³/mol. The number of hydrogen-bond acceptors (Lipinski definition) is 5. The Bertz CT molecular complexity index is 674. The number of hydrogen-bond donors (Lipinski definition) is 0. The number of carbonyl (C=O) groups excluding carboxylic acids is 1. The lowest BCUT2D eigenvalue weighted by Gasteiger charge is -2.33. The first-order chi connectivity index (χ1) is 10.2. The van der Waals surface area contributed by atoms with Gasteiger partial charge in [-0.05, 0) is 27.7 Å². The summed E-state index contributed by atoms with van der Waals surface area (Å²) < 4.78 is 31.6. The zero-order valence-corrected chi connectivity index (χ0v) is 14.1. The molecule has 0 unspecified atom stereocenters. The van der Waals surface area contributed by atoms with Gasteiger partial charge >= 0.3 is 0 Å². The van der Waals surface area contributed by atoms with Crippen LogP contribution in [0, 0.1) is 13.8 Å². The van der Waals surface area contributed by atoms with E-state index < -0.39 is 10.0 Å². The summed E-state index contributed by atoms with van der Waals surface area (Å²) in [5.41, 5.74) is 1.29. The van der Waals surface area contributed by atoms with E-state index in [9.17, 15) is 13.2 Å². The Morgan fingerprint density at radius 1 is 1.18 bits per heavy atom. The van der Waals surface area contributed by atoms with E-state index in [1.54, 1.807) is 24.8 Å². The van der Waals surface area contributed by atoms with E-state index in [1.807, 2.05) is 13.8 Å². The van der Waals surface area contributed by atoms with E-state index in [-0.39, 0.29) is 23.9 Å². The van der Waals surface area contributed by atoms with Crippen molar-refractivity contribution in [3.63, 3.8) is 0 Å². The predicted octanol–water partition coefficient (Wildman–Crippen LogP) is 1.09. The second-order valence-electron chi connectivity index (χ2n) is 5.60. The Labute approximate surface area is 130 Å². The molecule has 2 rings (SSSR count). The zero-order chi connectivity index (χ0) is 16.5. The summed E-state index contributed by atoms with van der Waals surface area (Å²) in [6, 6.07) is 0. The smallest absolute Gasteiger partial charge is 0.248 e. The molecular formula is C14H21N3O4S. The van der Waals surface area contributed by atoms with E-state index in [1.165, 1.54) is 4.31 Å². The van der Waals surface area contributed by atoms with Gasteiger partial charge in [0, 0.05) is 32.3 Å². The van der Waals surface area contributed by atoms with Crippen molar-refractivity contribution in [2.24, 2.45) is 0 Å². The van der Waals surface area contributed by atoms with Crippen LogP contribution < -0.4 is 0 Å². The van der Waals surface area contributed by atoms with Crippen LogP contribution in [0.15, 0.2) is 21.1 Å². The van der Waals surface area contributed by atoms with E-state index in [2.05, 4.69) is 5.16 Å². The standard InChI is InChI=1S/C14H21N3O4S/c1-10(2)9-13(18)16-5-7-17(8-6-16)22(19,20)14-11(3)15-21-12(14)4/h9H,5-8H2,1-4H3. The van der Waals surface area contributed by atoms with E-state index >= 15 is 0 Å². The first-order valence-corrected chi connectivity index (χ1v) is 8.54. The summed E-state index contributed by atoms with van der Waals surface area (Å²) in [4.78, 5) is 13.8. The van der Waals surface area contributed by atoms with Gasteiger partial charge in [0.2, 0.25) is 15.9 Å². The van der Waals surface area contributed by atoms with E-state index in [4.69, 9.17) is 4.52 Å². The molecule has 0 bridgehead atoms. The SMILES string of the molecule is CC(C)=CC(=O)N1CCN(S(=O)(=O)c2c(C)noc2C)CC1. The molecule has 8 heteroatoms. The summed E-state index contributed by atoms with van der Waals surface area (Å²) in [6.45, 7) is 8.21. The Balaban J connectivity index is 2.12. The molecule has 0 radical (unpaired) electrons. The molecule has 1 aliphatic rings. The van der Waals surface area contributed by atoms with Gasteiger partial charge in [-0.1, -0.05) is 10.7 Å². The van der Waals surface area contributed by atoms with Gasteiger partial charge in [0.25, 0.3) is 0 Å². The summed E-state index contributed by atoms with van der Waals surface area (Å²) in [5, 5.41) is 3.70. The second kappa shape index (κ2) is 6.21. The highest BCUT2D eigenvalue weighted by molar-refractivity contribution is 7.89. The first kappa shape index (κ1) is 16.7. The maximum absolute atomic E-state index is 12.7. The number of carbonyl (C=O) groups is 1. The Morgan fingerprint density at radius 2 is 1.77 bits per heavy atom. The van der Waals surface area contributed by atoms with Crippen molar-refractivity contribution in [3.05, 3.63) is 23.1 Å². The first-order valence-electron chi connectivity index (χ1n) is 7.10. The number of nitrogens with zero attached hydrogens (tertiary/aromatic N) is 3. The summed E-state index contributed by atoms with van der Waals surface area (Å²) in [6.07, 6.45) is 1.57. The van der Waals surface area contributed by atoms with Crippen LogP contribution in [0.2, 0.25) is 0 Å². The molecule has 1 fully saturated rings. The number of allylic oxidation sites excluding steroid dienone is 1. The molecule has 0 aliphatic carbocycles. The lowest BCUT2D eigenvalue weighted by molar-refractivity contribution is -0.127. The van der Waals surface area contributed by atoms with Gasteiger partial charge in [0.05, 0.1) is 0 Å². The van der Waals surface area contributed by atoms with Crippen LogP contribution in [0.1, 0.15) is 25.3 Å². The van der Waals surface area contributed by atoms with Crippen LogP contribution in [0.5, 0.6) is 0 Å². The lowest BCUT2D eigenvalue weighted by Crippen LogP contribution is -2.50. The highest BCUT2D eigenvalue weighted by atomic mass is 32.2. The number of aromatic nitrogens is 1. The van der Waals surface area contributed by atoms with Crippen molar-refractivity contribution in [1.29, 1.82) is 0 Å². The van der Waals surface area contributed by atoms with Crippen LogP contribution in [0.3, 0.4) is 0 Å². The topological polar surface area (TPSA) is 83.7 Å². The monoisotopic (exact) mass is 327 g/mol.